The average molecular weight is 1570 g/mol. The Labute approximate surface area is 717 Å². The number of fused-ring (bicyclic) bond motifs is 19. The first-order valence-corrected chi connectivity index (χ1v) is 43.0. The Morgan fingerprint density at radius 2 is 0.610 bits per heavy atom. The fourth-order valence-electron chi connectivity index (χ4n) is 21.8. The fourth-order valence-corrected chi connectivity index (χ4v) is 21.8. The molecule has 0 saturated carbocycles. The summed E-state index contributed by atoms with van der Waals surface area (Å²) in [6.07, 6.45) is 0. The van der Waals surface area contributed by atoms with Crippen LogP contribution in [0.4, 0.5) is 34.1 Å². The van der Waals surface area contributed by atoms with Crippen molar-refractivity contribution in [2.45, 2.75) is 36.0 Å². The summed E-state index contributed by atoms with van der Waals surface area (Å²) in [6, 6.07) is 170. The van der Waals surface area contributed by atoms with Gasteiger partial charge in [0.1, 0.15) is 5.58 Å². The summed E-state index contributed by atoms with van der Waals surface area (Å²) in [5.74, 6) is 0.123. The number of hydrogen-bond acceptors (Lipinski definition) is 3. The van der Waals surface area contributed by atoms with Crippen LogP contribution < -0.4 is 9.80 Å². The summed E-state index contributed by atoms with van der Waals surface area (Å²) in [6.45, 7) is 4.78. The molecule has 1 aromatic heterocycles. The van der Waals surface area contributed by atoms with Crippen LogP contribution in [0.1, 0.15) is 92.1 Å². The number of anilines is 6. The Kier molecular flexibility index (Phi) is 16.5. The van der Waals surface area contributed by atoms with E-state index in [0.717, 1.165) is 72.8 Å². The van der Waals surface area contributed by atoms with Crippen molar-refractivity contribution in [2.75, 3.05) is 9.80 Å². The first kappa shape index (κ1) is 71.7. The molecule has 0 atom stereocenters. The van der Waals surface area contributed by atoms with Crippen LogP contribution in [0.5, 0.6) is 0 Å². The van der Waals surface area contributed by atoms with Crippen molar-refractivity contribution in [1.82, 2.24) is 0 Å². The molecule has 0 unspecified atom stereocenters. The van der Waals surface area contributed by atoms with Gasteiger partial charge in [-0.15, -0.1) is 0 Å². The third kappa shape index (κ3) is 11.1. The molecule has 123 heavy (non-hydrogen) atoms. The molecule has 4 aliphatic carbocycles. The lowest BCUT2D eigenvalue weighted by molar-refractivity contribution is 0.660. The van der Waals surface area contributed by atoms with Crippen molar-refractivity contribution in [3.63, 3.8) is 0 Å². The molecule has 19 aromatic carbocycles. The molecule has 0 aliphatic heterocycles. The van der Waals surface area contributed by atoms with Gasteiger partial charge in [0.2, 0.25) is 0 Å². The molecule has 3 heteroatoms. The lowest BCUT2D eigenvalue weighted by atomic mass is 9.67. The van der Waals surface area contributed by atoms with Crippen molar-refractivity contribution >= 4 is 56.1 Å². The van der Waals surface area contributed by atoms with Gasteiger partial charge in [-0.2, -0.15) is 0 Å². The van der Waals surface area contributed by atoms with Gasteiger partial charge in [-0.1, -0.05) is 378 Å². The predicted octanol–water partition coefficient (Wildman–Crippen LogP) is 31.4. The first-order chi connectivity index (χ1) is 60.7. The number of benzene rings is 19. The zero-order chi connectivity index (χ0) is 81.5. The third-order valence-electron chi connectivity index (χ3n) is 27.3. The highest BCUT2D eigenvalue weighted by atomic mass is 16.3. The van der Waals surface area contributed by atoms with E-state index in [1.807, 2.05) is 0 Å². The van der Waals surface area contributed by atoms with Gasteiger partial charge in [-0.3, -0.25) is 0 Å². The summed E-state index contributed by atoms with van der Waals surface area (Å²) >= 11 is 0. The van der Waals surface area contributed by atoms with E-state index in [1.54, 1.807) is 0 Å². The Bertz CT molecular complexity index is 7410. The van der Waals surface area contributed by atoms with Crippen LogP contribution in [-0.4, -0.2) is 0 Å². The van der Waals surface area contributed by atoms with Crippen molar-refractivity contribution in [1.29, 1.82) is 0 Å². The number of hydrogen-bond donors (Lipinski definition) is 0. The smallest absolute Gasteiger partial charge is 0.159 e. The second-order valence-electron chi connectivity index (χ2n) is 34.0. The number of furan rings is 1. The van der Waals surface area contributed by atoms with Crippen LogP contribution >= 0.6 is 0 Å². The monoisotopic (exact) mass is 1570 g/mol. The van der Waals surface area contributed by atoms with Gasteiger partial charge in [-0.05, 0) is 252 Å². The minimum Gasteiger partial charge on any atom is -0.454 e. The summed E-state index contributed by atoms with van der Waals surface area (Å²) < 4.78 is 6.93. The predicted molar refractivity (Wildman–Crippen MR) is 510 cm³/mol. The largest absolute Gasteiger partial charge is 0.454 e. The van der Waals surface area contributed by atoms with E-state index in [1.165, 1.54) is 145 Å². The van der Waals surface area contributed by atoms with Crippen LogP contribution in [0.25, 0.3) is 111 Å². The molecule has 578 valence electrons. The SMILES string of the molecule is CC1(C)c2ccc(-c3ccc(N(c4ccccc4)c4ccc(-c5ccc6c(c5)C5(c7ccccc7-c7ccccc75)c5cc(-c7ccc(C(c8ccccc8)c8ccccc8)cc7)ccc5-6)cc4)cc3)cc2-c2ccc(N(c3ccc(-c4cccc5c4-c4ccccc4C5(c4ccccc4)c4ccccc4)cc3)c3cccc4c3oc3ccccc34)cc21. The Morgan fingerprint density at radius 3 is 1.20 bits per heavy atom. The van der Waals surface area contributed by atoms with Crippen molar-refractivity contribution in [2.24, 2.45) is 0 Å². The molecule has 4 aliphatic rings. The summed E-state index contributed by atoms with van der Waals surface area (Å²) in [5.41, 5.74) is 43.1. The Balaban J connectivity index is 0.549. The number of rotatable bonds is 15. The molecule has 0 bridgehead atoms. The maximum Gasteiger partial charge on any atom is 0.159 e. The van der Waals surface area contributed by atoms with Gasteiger partial charge in [0.15, 0.2) is 5.58 Å². The van der Waals surface area contributed by atoms with Crippen LogP contribution in [-0.2, 0) is 16.2 Å². The Hall–Kier alpha value is -15.4. The fraction of sp³-hybridized carbons (Fsp3) is 0.0500. The zero-order valence-electron chi connectivity index (χ0n) is 68.2. The van der Waals surface area contributed by atoms with Crippen molar-refractivity contribution < 1.29 is 4.42 Å². The van der Waals surface area contributed by atoms with Crippen molar-refractivity contribution in [3.05, 3.63) is 527 Å². The standard InChI is InChI=1S/C120H82N2O/c1-118(2)105-73-62-85(74-104(105)100-72-69-94(77-110(100)118)122(113-48-27-43-102-101-40-21-25-49-114(101)123-117(102)113)93-67-58-81(59-68-93)95-42-26-47-109-116(95)103-41-20-24-46-108(103)119(109,88-32-12-5-13-33-88)89-34-14-6-15-35-89)79-54-63-91(64-55-79)121(90-36-16-7-17-37-90)92-65-56-80(57-66-92)87-61-71-99-98-70-60-86(78-50-52-84(53-51-78)115(82-28-8-3-9-29-82)83-30-10-4-11-31-83)75-111(98)120(112(99)76-87)106-44-22-18-38-96(106)97-39-19-23-45-107(97)120/h3-77,115H,1-2H3. The van der Waals surface area contributed by atoms with E-state index in [-0.39, 0.29) is 11.3 Å². The van der Waals surface area contributed by atoms with E-state index in [2.05, 4.69) is 479 Å². The molecule has 20 aromatic rings. The molecule has 0 saturated heterocycles. The molecule has 24 rings (SSSR count). The molecule has 1 spiro atoms. The summed E-state index contributed by atoms with van der Waals surface area (Å²) in [5, 5.41) is 2.18. The van der Waals surface area contributed by atoms with Crippen LogP contribution in [0.2, 0.25) is 0 Å². The van der Waals surface area contributed by atoms with Gasteiger partial charge in [0.25, 0.3) is 0 Å². The van der Waals surface area contributed by atoms with Gasteiger partial charge in [0.05, 0.1) is 16.5 Å². The van der Waals surface area contributed by atoms with Gasteiger partial charge >= 0.3 is 0 Å². The van der Waals surface area contributed by atoms with Gasteiger partial charge in [0, 0.05) is 50.5 Å². The Morgan fingerprint density at radius 1 is 0.220 bits per heavy atom. The van der Waals surface area contributed by atoms with Crippen LogP contribution in [0.15, 0.2) is 459 Å². The lowest BCUT2D eigenvalue weighted by Crippen LogP contribution is -2.28. The van der Waals surface area contributed by atoms with E-state index < -0.39 is 10.8 Å². The van der Waals surface area contributed by atoms with Crippen LogP contribution in [0, 0.1) is 0 Å². The van der Waals surface area contributed by atoms with E-state index in [0.29, 0.717) is 0 Å². The second-order valence-corrected chi connectivity index (χ2v) is 34.0. The molecule has 0 amide bonds. The molecule has 0 N–H and O–H groups in total. The zero-order valence-corrected chi connectivity index (χ0v) is 68.2. The maximum absolute atomic E-state index is 6.93. The highest BCUT2D eigenvalue weighted by Crippen LogP contribution is 2.65. The topological polar surface area (TPSA) is 19.6 Å². The summed E-state index contributed by atoms with van der Waals surface area (Å²) in [4.78, 5) is 4.79. The van der Waals surface area contributed by atoms with E-state index >= 15 is 0 Å². The molecule has 1 heterocycles. The number of nitrogens with zero attached hydrogens (tertiary/aromatic N) is 2. The minimum atomic E-state index is -0.534. The van der Waals surface area contributed by atoms with Crippen molar-refractivity contribution in [3.8, 4) is 89.0 Å². The lowest BCUT2D eigenvalue weighted by Gasteiger charge is -2.34. The molecule has 3 nitrogen and oxygen atoms in total. The molecule has 0 fully saturated rings. The normalized spacial score (nSPS) is 13.6. The molecule has 0 radical (unpaired) electrons. The van der Waals surface area contributed by atoms with Crippen LogP contribution in [0.3, 0.4) is 0 Å². The quantitative estimate of drug-likeness (QED) is 0.0954. The van der Waals surface area contributed by atoms with E-state index in [9.17, 15) is 0 Å². The highest BCUT2D eigenvalue weighted by molar-refractivity contribution is 6.11. The number of para-hydroxylation sites is 3. The first-order valence-electron chi connectivity index (χ1n) is 43.0. The van der Waals surface area contributed by atoms with Gasteiger partial charge in [-0.25, -0.2) is 0 Å². The summed E-state index contributed by atoms with van der Waals surface area (Å²) in [7, 11) is 0. The molecular weight excluding hydrogens is 1490 g/mol. The average Bonchev–Trinajstić information content (AvgIpc) is 1.49. The second kappa shape index (κ2) is 28.4. The minimum absolute atomic E-state index is 0.123. The maximum atomic E-state index is 6.93. The van der Waals surface area contributed by atoms with Gasteiger partial charge < -0.3 is 14.2 Å². The third-order valence-corrected chi connectivity index (χ3v) is 27.3. The highest BCUT2D eigenvalue weighted by Gasteiger charge is 2.52. The van der Waals surface area contributed by atoms with E-state index in [4.69, 9.17) is 4.42 Å². The molecular formula is C120H82N2O.